The van der Waals surface area contributed by atoms with Crippen LogP contribution in [0.3, 0.4) is 0 Å². The molecule has 3 aliphatic rings. The molecule has 1 N–H and O–H groups in total. The molecule has 6 nitrogen and oxygen atoms in total. The van der Waals surface area contributed by atoms with Crippen LogP contribution in [0.4, 0.5) is 0 Å². The molecule has 3 heterocycles. The number of likely N-dealkylation sites (tertiary alicyclic amines) is 1. The van der Waals surface area contributed by atoms with Crippen molar-refractivity contribution in [2.24, 2.45) is 10.9 Å². The van der Waals surface area contributed by atoms with Gasteiger partial charge < -0.3 is 10.2 Å². The van der Waals surface area contributed by atoms with E-state index in [4.69, 9.17) is 28.2 Å². The van der Waals surface area contributed by atoms with E-state index in [1.54, 1.807) is 7.05 Å². The Bertz CT molecular complexity index is 1340. The molecule has 2 amide bonds. The molecule has 0 radical (unpaired) electrons. The summed E-state index contributed by atoms with van der Waals surface area (Å²) in [7, 11) is 3.54. The number of rotatable bonds is 5. The van der Waals surface area contributed by atoms with Gasteiger partial charge in [0, 0.05) is 35.6 Å². The number of thioether (sulfide) groups is 1. The highest BCUT2D eigenvalue weighted by atomic mass is 35.5. The number of allylic oxidation sites excluding steroid dienone is 1. The van der Waals surface area contributed by atoms with Gasteiger partial charge in [-0.15, -0.1) is 0 Å². The van der Waals surface area contributed by atoms with Gasteiger partial charge in [0.2, 0.25) is 0 Å². The lowest BCUT2D eigenvalue weighted by Gasteiger charge is -2.37. The largest absolute Gasteiger partial charge is 0.354 e. The Hall–Kier alpha value is -2.32. The van der Waals surface area contributed by atoms with Crippen LogP contribution >= 0.6 is 35.0 Å². The number of aliphatic imine (C=N–C) groups is 1. The molecule has 0 bridgehead atoms. The van der Waals surface area contributed by atoms with Crippen molar-refractivity contribution in [3.05, 3.63) is 80.3 Å². The van der Waals surface area contributed by atoms with E-state index in [2.05, 4.69) is 31.0 Å². The van der Waals surface area contributed by atoms with Crippen molar-refractivity contribution in [2.45, 2.75) is 51.2 Å². The smallest absolute Gasteiger partial charge is 0.354 e. The quantitative estimate of drug-likeness (QED) is 0.439. The maximum absolute atomic E-state index is 14.3. The molecule has 0 spiro atoms. The fraction of sp³-hybridized carbons (Fsp3) is 0.414. The van der Waals surface area contributed by atoms with Gasteiger partial charge in [-0.1, -0.05) is 61.3 Å². The predicted molar refractivity (Wildman–Crippen MR) is 155 cm³/mol. The van der Waals surface area contributed by atoms with Crippen molar-refractivity contribution in [3.8, 4) is 0 Å². The van der Waals surface area contributed by atoms with E-state index in [9.17, 15) is 9.59 Å². The molecule has 0 aliphatic carbocycles. The number of nitrogens with one attached hydrogen (secondary N) is 1. The number of hydrogen-bond donors (Lipinski definition) is 1. The molecule has 38 heavy (non-hydrogen) atoms. The summed E-state index contributed by atoms with van der Waals surface area (Å²) in [5.41, 5.74) is 2.44. The molecular weight excluding hydrogens is 539 g/mol. The van der Waals surface area contributed by atoms with Crippen LogP contribution in [0.25, 0.3) is 0 Å². The molecule has 9 heteroatoms. The van der Waals surface area contributed by atoms with Crippen LogP contribution in [0.15, 0.2) is 64.1 Å². The number of carbonyl (C=O) groups excluding carboxylic acids is 2. The second-order valence-corrected chi connectivity index (χ2v) is 12.8. The summed E-state index contributed by atoms with van der Waals surface area (Å²) in [6.45, 7) is 7.01. The Kier molecular flexibility index (Phi) is 7.18. The van der Waals surface area contributed by atoms with E-state index in [0.717, 1.165) is 28.4 Å². The molecular formula is C29H33Cl2N4O2S+. The number of nitrogens with zero attached hydrogens (tertiary/aromatic N) is 3. The lowest BCUT2D eigenvalue weighted by molar-refractivity contribution is -0.835. The number of amides is 2. The fourth-order valence-electron chi connectivity index (χ4n) is 6.15. The molecule has 1 fully saturated rings. The maximum atomic E-state index is 14.3. The molecule has 5 rings (SSSR count). The summed E-state index contributed by atoms with van der Waals surface area (Å²) in [6, 6.07) is 15.1. The van der Waals surface area contributed by atoms with Gasteiger partial charge in [-0.25, -0.2) is 14.3 Å². The minimum Gasteiger partial charge on any atom is -0.354 e. The summed E-state index contributed by atoms with van der Waals surface area (Å²) in [5, 5.41) is 4.90. The van der Waals surface area contributed by atoms with Gasteiger partial charge in [0.1, 0.15) is 10.4 Å². The Morgan fingerprint density at radius 3 is 2.29 bits per heavy atom. The van der Waals surface area contributed by atoms with Gasteiger partial charge in [0.05, 0.1) is 19.6 Å². The van der Waals surface area contributed by atoms with Gasteiger partial charge >= 0.3 is 5.91 Å². The number of hydrogen-bond acceptors (Lipinski definition) is 5. The standard InChI is InChI=1S/C29H32Cl2N4O2S/c1-17(2)23-24(27(37)35(5)16-6-7-22(35)26(36)32-4)38-28-33-29(3,19-10-14-21(31)15-11-19)25(34(23)28)18-8-12-20(30)13-9-18/h8-15,17,22,25H,6-7,16H2,1-5H3/p+1/t22-,25+,29-,35?/m0/s1. The Balaban J connectivity index is 1.64. The van der Waals surface area contributed by atoms with Crippen molar-refractivity contribution >= 4 is 51.9 Å². The Morgan fingerprint density at radius 2 is 1.71 bits per heavy atom. The first-order valence-corrected chi connectivity index (χ1v) is 14.5. The first-order valence-electron chi connectivity index (χ1n) is 13.0. The van der Waals surface area contributed by atoms with Gasteiger partial charge in [-0.05, 0) is 60.0 Å². The second-order valence-electron chi connectivity index (χ2n) is 10.9. The zero-order valence-electron chi connectivity index (χ0n) is 22.3. The van der Waals surface area contributed by atoms with E-state index in [-0.39, 0.29) is 28.3 Å². The predicted octanol–water partition coefficient (Wildman–Crippen LogP) is 6.12. The lowest BCUT2D eigenvalue weighted by Crippen LogP contribution is -2.58. The third kappa shape index (κ3) is 4.28. The normalized spacial score (nSPS) is 28.6. The van der Waals surface area contributed by atoms with Gasteiger partial charge in [0.25, 0.3) is 5.91 Å². The van der Waals surface area contributed by atoms with Crippen molar-refractivity contribution in [1.29, 1.82) is 0 Å². The zero-order chi connectivity index (χ0) is 27.4. The van der Waals surface area contributed by atoms with Crippen LogP contribution in [0, 0.1) is 5.92 Å². The van der Waals surface area contributed by atoms with E-state index < -0.39 is 11.6 Å². The van der Waals surface area contributed by atoms with Crippen molar-refractivity contribution in [2.75, 3.05) is 20.6 Å². The molecule has 4 atom stereocenters. The van der Waals surface area contributed by atoms with Gasteiger partial charge in [-0.3, -0.25) is 4.79 Å². The lowest BCUT2D eigenvalue weighted by atomic mass is 9.81. The molecule has 200 valence electrons. The van der Waals surface area contributed by atoms with Crippen LogP contribution < -0.4 is 5.32 Å². The number of amidine groups is 1. The molecule has 2 aromatic rings. The molecule has 2 aromatic carbocycles. The summed E-state index contributed by atoms with van der Waals surface area (Å²) in [6.07, 6.45) is 1.53. The Morgan fingerprint density at radius 1 is 1.11 bits per heavy atom. The minimum absolute atomic E-state index is 0.00930. The summed E-state index contributed by atoms with van der Waals surface area (Å²) >= 11 is 13.9. The van der Waals surface area contributed by atoms with E-state index in [1.165, 1.54) is 11.8 Å². The van der Waals surface area contributed by atoms with Crippen molar-refractivity contribution in [3.63, 3.8) is 0 Å². The van der Waals surface area contributed by atoms with Crippen LogP contribution in [-0.2, 0) is 15.1 Å². The molecule has 1 unspecified atom stereocenters. The number of likely N-dealkylation sites (N-methyl/N-ethyl adjacent to an activating group) is 2. The van der Waals surface area contributed by atoms with E-state index >= 15 is 0 Å². The summed E-state index contributed by atoms with van der Waals surface area (Å²) in [4.78, 5) is 35.3. The number of carbonyl (C=O) groups is 2. The first-order chi connectivity index (χ1) is 18.0. The molecule has 1 saturated heterocycles. The minimum atomic E-state index is -0.619. The van der Waals surface area contributed by atoms with E-state index in [0.29, 0.717) is 27.9 Å². The van der Waals surface area contributed by atoms with Gasteiger partial charge in [0.15, 0.2) is 11.2 Å². The van der Waals surface area contributed by atoms with Crippen molar-refractivity contribution in [1.82, 2.24) is 10.2 Å². The number of fused-ring (bicyclic) bond motifs is 1. The maximum Gasteiger partial charge on any atom is 0.354 e. The highest BCUT2D eigenvalue weighted by molar-refractivity contribution is 8.18. The van der Waals surface area contributed by atoms with E-state index in [1.807, 2.05) is 55.6 Å². The highest BCUT2D eigenvalue weighted by Gasteiger charge is 2.57. The molecule has 0 saturated carbocycles. The average molecular weight is 573 g/mol. The summed E-state index contributed by atoms with van der Waals surface area (Å²) in [5.74, 6) is -0.0330. The average Bonchev–Trinajstić information content (AvgIpc) is 3.54. The molecule has 3 aliphatic heterocycles. The zero-order valence-corrected chi connectivity index (χ0v) is 24.6. The van der Waals surface area contributed by atoms with Crippen molar-refractivity contribution < 1.29 is 14.1 Å². The monoisotopic (exact) mass is 571 g/mol. The second kappa shape index (κ2) is 10.0. The first kappa shape index (κ1) is 27.3. The molecule has 0 aromatic heterocycles. The van der Waals surface area contributed by atoms with Crippen LogP contribution in [0.2, 0.25) is 10.0 Å². The van der Waals surface area contributed by atoms with Crippen LogP contribution in [0.5, 0.6) is 0 Å². The Labute approximate surface area is 238 Å². The SMILES string of the molecule is CNC(=O)[C@@H]1CCC[N+]1(C)C(=O)C1=C(C(C)C)N2C(=N[C@@](C)(c3ccc(Cl)cc3)[C@H]2c2ccc(Cl)cc2)S1. The highest BCUT2D eigenvalue weighted by Crippen LogP contribution is 2.56. The summed E-state index contributed by atoms with van der Waals surface area (Å²) < 4.78 is 0.0827. The topological polar surface area (TPSA) is 61.8 Å². The number of quaternary nitrogens is 1. The number of benzene rings is 2. The van der Waals surface area contributed by atoms with Crippen LogP contribution in [0.1, 0.15) is 50.8 Å². The van der Waals surface area contributed by atoms with Crippen LogP contribution in [-0.4, -0.2) is 53.0 Å². The fourth-order valence-corrected chi connectivity index (χ4v) is 7.86. The van der Waals surface area contributed by atoms with Gasteiger partial charge in [-0.2, -0.15) is 0 Å². The third-order valence-corrected chi connectivity index (χ3v) is 9.73. The third-order valence-electron chi connectivity index (χ3n) is 8.17. The number of halogens is 2.